The summed E-state index contributed by atoms with van der Waals surface area (Å²) in [6.45, 7) is 7.23. The second-order valence-electron chi connectivity index (χ2n) is 8.75. The quantitative estimate of drug-likeness (QED) is 0.388. The molecule has 0 heterocycles. The van der Waals surface area contributed by atoms with Crippen LogP contribution in [-0.2, 0) is 20.4 Å². The fourth-order valence-electron chi connectivity index (χ4n) is 4.60. The van der Waals surface area contributed by atoms with Crippen LogP contribution in [0.1, 0.15) is 65.7 Å². The summed E-state index contributed by atoms with van der Waals surface area (Å²) < 4.78 is 1.66. The molecule has 148 valence electrons. The molecule has 5 heteroatoms. The van der Waals surface area contributed by atoms with Gasteiger partial charge in [0, 0.05) is 0 Å². The number of hydrogen-bond acceptors (Lipinski definition) is 0. The normalized spacial score (nSPS) is 18.4. The van der Waals surface area contributed by atoms with Gasteiger partial charge in [-0.05, 0) is 0 Å². The SMILES string of the molecule is CC(C)(C)C1=C([SiH2]c2ccccc2)CC(CC2CCCCC2)=[C]1[Ti+3].[Cl-].[Cl-].[Cl-]. The average molecular weight is 478 g/mol. The van der Waals surface area contributed by atoms with Crippen molar-refractivity contribution >= 4 is 14.7 Å². The summed E-state index contributed by atoms with van der Waals surface area (Å²) >= 11 is 2.42. The first-order valence-corrected chi connectivity index (χ1v) is 11.8. The number of hydrogen-bond donors (Lipinski definition) is 0. The van der Waals surface area contributed by atoms with E-state index in [0.29, 0.717) is 0 Å². The van der Waals surface area contributed by atoms with Gasteiger partial charge in [0.25, 0.3) is 0 Å². The van der Waals surface area contributed by atoms with Crippen LogP contribution in [0.2, 0.25) is 0 Å². The summed E-state index contributed by atoms with van der Waals surface area (Å²) in [5, 5.41) is 3.41. The van der Waals surface area contributed by atoms with Gasteiger partial charge < -0.3 is 37.2 Å². The van der Waals surface area contributed by atoms with E-state index in [9.17, 15) is 0 Å². The molecule has 0 aromatic heterocycles. The molecule has 27 heavy (non-hydrogen) atoms. The Hall–Kier alpha value is 0.501. The second-order valence-corrected chi connectivity index (χ2v) is 11.6. The van der Waals surface area contributed by atoms with Gasteiger partial charge in [-0.3, -0.25) is 0 Å². The molecule has 0 N–H and O–H groups in total. The van der Waals surface area contributed by atoms with E-state index in [0.717, 1.165) is 5.92 Å². The Balaban J connectivity index is 0.00000225. The average Bonchev–Trinajstić information content (AvgIpc) is 2.85. The molecule has 0 nitrogen and oxygen atoms in total. The molecule has 1 saturated carbocycles. The van der Waals surface area contributed by atoms with Crippen molar-refractivity contribution in [2.75, 3.05) is 0 Å². The molecule has 0 aliphatic heterocycles. The maximum atomic E-state index is 2.42. The Morgan fingerprint density at radius 3 is 2.11 bits per heavy atom. The van der Waals surface area contributed by atoms with E-state index in [-0.39, 0.29) is 52.2 Å². The molecule has 0 atom stereocenters. The zero-order chi connectivity index (χ0) is 17.2. The molecule has 0 amide bonds. The minimum Gasteiger partial charge on any atom is -1.00 e. The van der Waals surface area contributed by atoms with Gasteiger partial charge in [0.05, 0.1) is 0 Å². The molecule has 0 radical (unpaired) electrons. The topological polar surface area (TPSA) is 0 Å². The van der Waals surface area contributed by atoms with Crippen LogP contribution in [-0.4, -0.2) is 9.52 Å². The van der Waals surface area contributed by atoms with Gasteiger partial charge in [-0.1, -0.05) is 0 Å². The Labute approximate surface area is 198 Å². The van der Waals surface area contributed by atoms with Crippen molar-refractivity contribution < 1.29 is 57.7 Å². The molecule has 3 rings (SSSR count). The molecule has 2 aliphatic carbocycles. The largest absolute Gasteiger partial charge is 1.00 e. The van der Waals surface area contributed by atoms with Crippen LogP contribution < -0.4 is 42.4 Å². The third kappa shape index (κ3) is 7.36. The van der Waals surface area contributed by atoms with Crippen molar-refractivity contribution in [1.82, 2.24) is 0 Å². The van der Waals surface area contributed by atoms with Gasteiger partial charge in [0.2, 0.25) is 0 Å². The van der Waals surface area contributed by atoms with E-state index in [1.165, 1.54) is 44.9 Å². The third-order valence-corrected chi connectivity index (χ3v) is 8.51. The summed E-state index contributed by atoms with van der Waals surface area (Å²) in [7, 11) is -0.326. The minimum atomic E-state index is -0.326. The molecule has 1 fully saturated rings. The zero-order valence-electron chi connectivity index (χ0n) is 16.8. The predicted octanol–water partition coefficient (Wildman–Crippen LogP) is -4.03. The molecule has 2 aliphatic rings. The van der Waals surface area contributed by atoms with Crippen molar-refractivity contribution in [3.8, 4) is 0 Å². The number of benzene rings is 1. The van der Waals surface area contributed by atoms with E-state index < -0.39 is 0 Å². The number of allylic oxidation sites excluding steroid dienone is 4. The Kier molecular flexibility index (Phi) is 12.5. The van der Waals surface area contributed by atoms with E-state index in [1.807, 2.05) is 5.20 Å². The molecule has 0 bridgehead atoms. The fraction of sp³-hybridized carbons (Fsp3) is 0.545. The first kappa shape index (κ1) is 27.5. The molecule has 0 saturated heterocycles. The summed E-state index contributed by atoms with van der Waals surface area (Å²) in [4.78, 5) is 0. The molecular weight excluding hydrogens is 447 g/mol. The van der Waals surface area contributed by atoms with E-state index in [4.69, 9.17) is 0 Å². The Bertz CT molecular complexity index is 641. The van der Waals surface area contributed by atoms with Gasteiger partial charge in [0.1, 0.15) is 0 Å². The van der Waals surface area contributed by atoms with E-state index >= 15 is 0 Å². The van der Waals surface area contributed by atoms with Gasteiger partial charge in [-0.15, -0.1) is 0 Å². The predicted molar refractivity (Wildman–Crippen MR) is 104 cm³/mol. The van der Waals surface area contributed by atoms with Crippen LogP contribution in [0.3, 0.4) is 0 Å². The second kappa shape index (κ2) is 12.3. The smallest absolute Gasteiger partial charge is 1.00 e. The molecular formula is C22H31Cl3SiTi. The molecule has 1 aromatic rings. The van der Waals surface area contributed by atoms with Crippen LogP contribution in [0.25, 0.3) is 0 Å². The van der Waals surface area contributed by atoms with Crippen LogP contribution in [0.4, 0.5) is 0 Å². The van der Waals surface area contributed by atoms with Crippen molar-refractivity contribution in [3.05, 3.63) is 50.6 Å². The van der Waals surface area contributed by atoms with Gasteiger partial charge >= 0.3 is 163 Å². The number of rotatable bonds is 4. The van der Waals surface area contributed by atoms with Crippen molar-refractivity contribution in [2.45, 2.75) is 65.7 Å². The molecule has 0 spiro atoms. The minimum absolute atomic E-state index is 0. The van der Waals surface area contributed by atoms with E-state index in [2.05, 4.69) is 71.5 Å². The van der Waals surface area contributed by atoms with Crippen molar-refractivity contribution in [2.24, 2.45) is 11.3 Å². The van der Waals surface area contributed by atoms with Crippen LogP contribution in [0.5, 0.6) is 0 Å². The van der Waals surface area contributed by atoms with Gasteiger partial charge in [-0.2, -0.15) is 0 Å². The standard InChI is InChI=1S/C22H31Si.3ClH.Ti/c1-22(2,3)20-15-18(14-17-10-6-4-7-11-17)16-21(20)23-19-12-8-5-9-13-19;;;;/h5,8-9,12-13,17H,4,6-7,10-11,14,16,23H2,1-3H3;3*1H;/q;;;;+3/p-3. The maximum absolute atomic E-state index is 2.42. The summed E-state index contributed by atoms with van der Waals surface area (Å²) in [6, 6.07) is 11.2. The molecule has 0 unspecified atom stereocenters. The fourth-order valence-corrected chi connectivity index (χ4v) is 8.35. The molecule has 1 aromatic carbocycles. The van der Waals surface area contributed by atoms with Crippen LogP contribution >= 0.6 is 0 Å². The maximum Gasteiger partial charge on any atom is -1.00 e. The van der Waals surface area contributed by atoms with Crippen molar-refractivity contribution in [1.29, 1.82) is 0 Å². The Morgan fingerprint density at radius 2 is 1.56 bits per heavy atom. The number of halogens is 3. The Morgan fingerprint density at radius 1 is 0.963 bits per heavy atom. The third-order valence-electron chi connectivity index (χ3n) is 5.65. The summed E-state index contributed by atoms with van der Waals surface area (Å²) in [6.07, 6.45) is 9.98. The van der Waals surface area contributed by atoms with E-state index in [1.54, 1.807) is 20.2 Å². The zero-order valence-corrected chi connectivity index (χ0v) is 22.0. The first-order chi connectivity index (χ1) is 11.4. The summed E-state index contributed by atoms with van der Waals surface area (Å²) in [5.74, 6) is 0.961. The van der Waals surface area contributed by atoms with Gasteiger partial charge in [0.15, 0.2) is 0 Å². The summed E-state index contributed by atoms with van der Waals surface area (Å²) in [5.41, 5.74) is 3.78. The van der Waals surface area contributed by atoms with Crippen molar-refractivity contribution in [3.63, 3.8) is 0 Å². The monoisotopic (exact) mass is 476 g/mol. The van der Waals surface area contributed by atoms with Gasteiger partial charge in [-0.25, -0.2) is 0 Å². The van der Waals surface area contributed by atoms with Crippen LogP contribution in [0.15, 0.2) is 50.6 Å². The first-order valence-electron chi connectivity index (χ1n) is 9.65. The van der Waals surface area contributed by atoms with Crippen LogP contribution in [0, 0.1) is 11.3 Å².